The fourth-order valence-electron chi connectivity index (χ4n) is 0.358. The summed E-state index contributed by atoms with van der Waals surface area (Å²) in [7, 11) is -2.74. The first kappa shape index (κ1) is 10.1. The van der Waals surface area contributed by atoms with E-state index in [1.165, 1.54) is 0 Å². The first-order valence-electron chi connectivity index (χ1n) is 2.83. The molecule has 2 atom stereocenters. The van der Waals surface area contributed by atoms with Crippen LogP contribution in [0.5, 0.6) is 0 Å². The van der Waals surface area contributed by atoms with E-state index in [-0.39, 0.29) is 6.61 Å². The molecule has 2 N–H and O–H groups in total. The molecule has 62 valence electrons. The lowest BCUT2D eigenvalue weighted by molar-refractivity contribution is -0.135. The molecule has 0 aliphatic carbocycles. The van der Waals surface area contributed by atoms with Crippen molar-refractivity contribution in [1.82, 2.24) is 0 Å². The van der Waals surface area contributed by atoms with Crippen LogP contribution in [0, 0.1) is 0 Å². The SMILES string of the molecule is CCOCC(O)[PH](=O)OO. The maximum Gasteiger partial charge on any atom is 0.253 e. The van der Waals surface area contributed by atoms with Crippen LogP contribution in [0.4, 0.5) is 0 Å². The van der Waals surface area contributed by atoms with Crippen molar-refractivity contribution in [2.75, 3.05) is 13.2 Å². The molecule has 0 saturated carbocycles. The van der Waals surface area contributed by atoms with Gasteiger partial charge in [0.05, 0.1) is 6.61 Å². The van der Waals surface area contributed by atoms with Gasteiger partial charge in [-0.15, -0.1) is 0 Å². The van der Waals surface area contributed by atoms with Gasteiger partial charge in [0.25, 0.3) is 8.03 Å². The molecule has 5 nitrogen and oxygen atoms in total. The number of hydrogen-bond donors (Lipinski definition) is 2. The van der Waals surface area contributed by atoms with Crippen LogP contribution in [0.2, 0.25) is 0 Å². The van der Waals surface area contributed by atoms with E-state index in [1.807, 2.05) is 0 Å². The minimum Gasteiger partial charge on any atom is -0.381 e. The van der Waals surface area contributed by atoms with Crippen molar-refractivity contribution in [3.8, 4) is 0 Å². The molecule has 0 bridgehead atoms. The fraction of sp³-hybridized carbons (Fsp3) is 1.00. The lowest BCUT2D eigenvalue weighted by Crippen LogP contribution is -2.10. The summed E-state index contributed by atoms with van der Waals surface area (Å²) in [6.45, 7) is 2.09. The van der Waals surface area contributed by atoms with Crippen molar-refractivity contribution >= 4 is 8.03 Å². The normalized spacial score (nSPS) is 16.7. The minimum absolute atomic E-state index is 0.0745. The highest BCUT2D eigenvalue weighted by molar-refractivity contribution is 7.39. The highest BCUT2D eigenvalue weighted by Crippen LogP contribution is 2.25. The Balaban J connectivity index is 3.41. The zero-order chi connectivity index (χ0) is 7.98. The number of aliphatic hydroxyl groups excluding tert-OH is 1. The molecule has 2 unspecified atom stereocenters. The van der Waals surface area contributed by atoms with Gasteiger partial charge in [0.1, 0.15) is 0 Å². The third kappa shape index (κ3) is 3.98. The van der Waals surface area contributed by atoms with Gasteiger partial charge in [-0.25, -0.2) is 5.26 Å². The van der Waals surface area contributed by atoms with Gasteiger partial charge in [-0.1, -0.05) is 0 Å². The average molecular weight is 170 g/mol. The van der Waals surface area contributed by atoms with E-state index >= 15 is 0 Å². The van der Waals surface area contributed by atoms with Crippen LogP contribution < -0.4 is 0 Å². The summed E-state index contributed by atoms with van der Waals surface area (Å²) < 4.78 is 18.5. The Hall–Kier alpha value is 0.0700. The van der Waals surface area contributed by atoms with Crippen molar-refractivity contribution in [2.24, 2.45) is 0 Å². The zero-order valence-corrected chi connectivity index (χ0v) is 6.61. The maximum atomic E-state index is 10.4. The van der Waals surface area contributed by atoms with Crippen LogP contribution in [0.25, 0.3) is 0 Å². The van der Waals surface area contributed by atoms with Crippen LogP contribution in [0.1, 0.15) is 6.92 Å². The van der Waals surface area contributed by atoms with Crippen molar-refractivity contribution in [1.29, 1.82) is 0 Å². The summed E-state index contributed by atoms with van der Waals surface area (Å²) in [5.41, 5.74) is 0. The Morgan fingerprint density at radius 3 is 2.70 bits per heavy atom. The van der Waals surface area contributed by atoms with Gasteiger partial charge in [-0.3, -0.25) is 4.57 Å². The van der Waals surface area contributed by atoms with Crippen molar-refractivity contribution in [2.45, 2.75) is 12.8 Å². The molecular weight excluding hydrogens is 159 g/mol. The molecule has 10 heavy (non-hydrogen) atoms. The molecule has 0 saturated heterocycles. The zero-order valence-electron chi connectivity index (χ0n) is 5.61. The van der Waals surface area contributed by atoms with Crippen LogP contribution >= 0.6 is 8.03 Å². The second-order valence-electron chi connectivity index (χ2n) is 1.59. The van der Waals surface area contributed by atoms with Gasteiger partial charge in [0.2, 0.25) is 0 Å². The van der Waals surface area contributed by atoms with Crippen LogP contribution in [-0.2, 0) is 14.0 Å². The molecule has 0 fully saturated rings. The number of aliphatic hydroxyl groups is 1. The second kappa shape index (κ2) is 5.82. The van der Waals surface area contributed by atoms with E-state index in [4.69, 9.17) is 15.1 Å². The largest absolute Gasteiger partial charge is 0.381 e. The summed E-state index contributed by atoms with van der Waals surface area (Å²) in [5, 5.41) is 16.6. The van der Waals surface area contributed by atoms with Gasteiger partial charge in [0, 0.05) is 6.61 Å². The van der Waals surface area contributed by atoms with Gasteiger partial charge < -0.3 is 9.84 Å². The van der Waals surface area contributed by atoms with Crippen LogP contribution in [0.3, 0.4) is 0 Å². The monoisotopic (exact) mass is 170 g/mol. The van der Waals surface area contributed by atoms with E-state index in [2.05, 4.69) is 4.67 Å². The van der Waals surface area contributed by atoms with Gasteiger partial charge in [0.15, 0.2) is 5.85 Å². The Morgan fingerprint density at radius 1 is 1.70 bits per heavy atom. The molecule has 0 aromatic carbocycles. The number of hydrogen-bond acceptors (Lipinski definition) is 5. The van der Waals surface area contributed by atoms with Gasteiger partial charge in [-0.05, 0) is 6.92 Å². The summed E-state index contributed by atoms with van der Waals surface area (Å²) in [6.07, 6.45) is 0. The highest BCUT2D eigenvalue weighted by atomic mass is 31.1. The van der Waals surface area contributed by atoms with Crippen molar-refractivity contribution < 1.29 is 24.3 Å². The second-order valence-corrected chi connectivity index (χ2v) is 3.07. The lowest BCUT2D eigenvalue weighted by Gasteiger charge is -2.06. The topological polar surface area (TPSA) is 76.0 Å². The maximum absolute atomic E-state index is 10.4. The molecule has 0 aliphatic heterocycles. The third-order valence-corrected chi connectivity index (χ3v) is 1.73. The summed E-state index contributed by atoms with van der Waals surface area (Å²) in [5.74, 6) is -1.21. The Morgan fingerprint density at radius 2 is 2.30 bits per heavy atom. The quantitative estimate of drug-likeness (QED) is 0.352. The molecule has 0 radical (unpaired) electrons. The van der Waals surface area contributed by atoms with Gasteiger partial charge in [-0.2, -0.15) is 4.67 Å². The summed E-state index contributed by atoms with van der Waals surface area (Å²) in [6, 6.07) is 0. The Bertz CT molecular complexity index is 106. The van der Waals surface area contributed by atoms with Crippen molar-refractivity contribution in [3.63, 3.8) is 0 Å². The molecule has 0 heterocycles. The molecule has 0 aromatic heterocycles. The molecule has 0 aromatic rings. The molecule has 6 heteroatoms. The molecule has 0 amide bonds. The van der Waals surface area contributed by atoms with E-state index in [0.29, 0.717) is 6.61 Å². The number of rotatable bonds is 5. The molecular formula is C4H11O5P. The summed E-state index contributed by atoms with van der Waals surface area (Å²) in [4.78, 5) is 0. The summed E-state index contributed by atoms with van der Waals surface area (Å²) >= 11 is 0. The third-order valence-electron chi connectivity index (χ3n) is 0.842. The molecule has 0 rings (SSSR count). The van der Waals surface area contributed by atoms with Crippen LogP contribution in [-0.4, -0.2) is 29.4 Å². The first-order chi connectivity index (χ1) is 4.72. The Labute approximate surface area is 59.4 Å². The molecule has 0 aliphatic rings. The van der Waals surface area contributed by atoms with E-state index in [0.717, 1.165) is 0 Å². The Kier molecular flexibility index (Phi) is 5.87. The standard InChI is InChI=1S/C4H11O5P/c1-2-8-3-4(5)10(7)9-6/h4-6,10H,2-3H2,1H3. The number of ether oxygens (including phenoxy) is 1. The predicted molar refractivity (Wildman–Crippen MR) is 35.2 cm³/mol. The van der Waals surface area contributed by atoms with Gasteiger partial charge >= 0.3 is 0 Å². The fourth-order valence-corrected chi connectivity index (χ4v) is 0.734. The molecule has 0 spiro atoms. The van der Waals surface area contributed by atoms with E-state index in [9.17, 15) is 4.57 Å². The van der Waals surface area contributed by atoms with E-state index in [1.54, 1.807) is 6.92 Å². The predicted octanol–water partition coefficient (Wildman–Crippen LogP) is 0.306. The van der Waals surface area contributed by atoms with Crippen LogP contribution in [0.15, 0.2) is 0 Å². The smallest absolute Gasteiger partial charge is 0.253 e. The highest BCUT2D eigenvalue weighted by Gasteiger charge is 2.12. The van der Waals surface area contributed by atoms with Crippen molar-refractivity contribution in [3.05, 3.63) is 0 Å². The van der Waals surface area contributed by atoms with E-state index < -0.39 is 13.9 Å². The first-order valence-corrected chi connectivity index (χ1v) is 4.22. The lowest BCUT2D eigenvalue weighted by atomic mass is 10.7. The average Bonchev–Trinajstić information content (AvgIpc) is 1.98. The minimum atomic E-state index is -2.74.